The van der Waals surface area contributed by atoms with Gasteiger partial charge in [-0.25, -0.2) is 22.5 Å². The molecule has 1 aromatic heterocycles. The summed E-state index contributed by atoms with van der Waals surface area (Å²) in [6, 6.07) is 6.65. The van der Waals surface area contributed by atoms with E-state index in [1.165, 1.54) is 44.6 Å². The SMILES string of the molecule is CN(C)S(=O)(=O)c1ccc(Cl)c(C(=O)OCC(=O)Nc2ccc(Cl)cn2)c1. The van der Waals surface area contributed by atoms with Gasteiger partial charge in [-0.1, -0.05) is 23.2 Å². The minimum Gasteiger partial charge on any atom is -0.452 e. The topological polar surface area (TPSA) is 106 Å². The summed E-state index contributed by atoms with van der Waals surface area (Å²) in [5.74, 6) is -1.33. The summed E-state index contributed by atoms with van der Waals surface area (Å²) in [6.07, 6.45) is 1.35. The summed E-state index contributed by atoms with van der Waals surface area (Å²) in [4.78, 5) is 27.8. The van der Waals surface area contributed by atoms with E-state index in [0.29, 0.717) is 5.02 Å². The fourth-order valence-corrected chi connectivity index (χ4v) is 3.10. The fraction of sp³-hybridized carbons (Fsp3) is 0.188. The average molecular weight is 432 g/mol. The number of anilines is 1. The first-order valence-corrected chi connectivity index (χ1v) is 9.61. The molecule has 0 radical (unpaired) electrons. The van der Waals surface area contributed by atoms with Crippen LogP contribution >= 0.6 is 23.2 Å². The van der Waals surface area contributed by atoms with Crippen LogP contribution in [0.4, 0.5) is 5.82 Å². The summed E-state index contributed by atoms with van der Waals surface area (Å²) in [5.41, 5.74) is -0.169. The van der Waals surface area contributed by atoms with Crippen LogP contribution in [0.25, 0.3) is 0 Å². The summed E-state index contributed by atoms with van der Waals surface area (Å²) in [5, 5.41) is 2.82. The predicted molar refractivity (Wildman–Crippen MR) is 100 cm³/mol. The Hall–Kier alpha value is -2.20. The molecule has 8 nitrogen and oxygen atoms in total. The Bertz CT molecular complexity index is 963. The molecule has 2 aromatic rings. The number of sulfonamides is 1. The third kappa shape index (κ3) is 5.39. The van der Waals surface area contributed by atoms with Crippen molar-refractivity contribution in [1.82, 2.24) is 9.29 Å². The van der Waals surface area contributed by atoms with Crippen molar-refractivity contribution in [2.24, 2.45) is 0 Å². The number of nitrogens with zero attached hydrogens (tertiary/aromatic N) is 2. The highest BCUT2D eigenvalue weighted by Crippen LogP contribution is 2.23. The van der Waals surface area contributed by atoms with E-state index in [0.717, 1.165) is 10.4 Å². The van der Waals surface area contributed by atoms with E-state index in [1.54, 1.807) is 0 Å². The number of benzene rings is 1. The van der Waals surface area contributed by atoms with Crippen molar-refractivity contribution >= 4 is 50.9 Å². The molecule has 27 heavy (non-hydrogen) atoms. The summed E-state index contributed by atoms with van der Waals surface area (Å²) >= 11 is 11.6. The number of pyridine rings is 1. The zero-order valence-electron chi connectivity index (χ0n) is 14.3. The van der Waals surface area contributed by atoms with Gasteiger partial charge >= 0.3 is 5.97 Å². The van der Waals surface area contributed by atoms with Gasteiger partial charge in [-0.3, -0.25) is 4.79 Å². The maximum absolute atomic E-state index is 12.2. The molecule has 0 saturated heterocycles. The summed E-state index contributed by atoms with van der Waals surface area (Å²) < 4.78 is 30.2. The average Bonchev–Trinajstić information content (AvgIpc) is 2.61. The van der Waals surface area contributed by atoms with Crippen molar-refractivity contribution in [2.45, 2.75) is 4.90 Å². The van der Waals surface area contributed by atoms with E-state index < -0.39 is 28.5 Å². The van der Waals surface area contributed by atoms with Gasteiger partial charge in [0.15, 0.2) is 6.61 Å². The molecule has 0 unspecified atom stereocenters. The van der Waals surface area contributed by atoms with Gasteiger partial charge in [-0.05, 0) is 30.3 Å². The predicted octanol–water partition coefficient (Wildman–Crippen LogP) is 2.43. The Morgan fingerprint density at radius 2 is 1.89 bits per heavy atom. The van der Waals surface area contributed by atoms with E-state index >= 15 is 0 Å². The Kier molecular flexibility index (Phi) is 6.77. The van der Waals surface area contributed by atoms with Crippen molar-refractivity contribution in [2.75, 3.05) is 26.0 Å². The number of rotatable bonds is 6. The lowest BCUT2D eigenvalue weighted by molar-refractivity contribution is -0.119. The normalized spacial score (nSPS) is 11.3. The maximum Gasteiger partial charge on any atom is 0.340 e. The molecule has 0 saturated carbocycles. The van der Waals surface area contributed by atoms with E-state index in [-0.39, 0.29) is 21.3 Å². The Labute approximate surface area is 166 Å². The first-order chi connectivity index (χ1) is 12.6. The summed E-state index contributed by atoms with van der Waals surface area (Å²) in [6.45, 7) is -0.607. The number of carbonyl (C=O) groups is 2. The molecular weight excluding hydrogens is 417 g/mol. The van der Waals surface area contributed by atoms with Crippen LogP contribution in [-0.2, 0) is 19.6 Å². The zero-order valence-corrected chi connectivity index (χ0v) is 16.6. The van der Waals surface area contributed by atoms with Crippen molar-refractivity contribution in [3.63, 3.8) is 0 Å². The molecule has 1 aromatic carbocycles. The van der Waals surface area contributed by atoms with Gasteiger partial charge in [-0.2, -0.15) is 0 Å². The molecule has 0 aliphatic carbocycles. The lowest BCUT2D eigenvalue weighted by Gasteiger charge is -2.13. The molecular formula is C16H15Cl2N3O5S. The number of ether oxygens (including phenoxy) is 1. The van der Waals surface area contributed by atoms with Gasteiger partial charge in [0, 0.05) is 20.3 Å². The van der Waals surface area contributed by atoms with Crippen LogP contribution in [0.15, 0.2) is 41.4 Å². The van der Waals surface area contributed by atoms with Crippen molar-refractivity contribution in [3.8, 4) is 0 Å². The largest absolute Gasteiger partial charge is 0.452 e. The molecule has 0 atom stereocenters. The van der Waals surface area contributed by atoms with E-state index in [1.807, 2.05) is 0 Å². The highest BCUT2D eigenvalue weighted by Gasteiger charge is 2.22. The van der Waals surface area contributed by atoms with Crippen LogP contribution < -0.4 is 5.32 Å². The molecule has 1 heterocycles. The van der Waals surface area contributed by atoms with E-state index in [4.69, 9.17) is 27.9 Å². The van der Waals surface area contributed by atoms with Crippen LogP contribution in [0.1, 0.15) is 10.4 Å². The highest BCUT2D eigenvalue weighted by molar-refractivity contribution is 7.89. The second-order valence-corrected chi connectivity index (χ2v) is 8.41. The number of hydrogen-bond donors (Lipinski definition) is 1. The third-order valence-electron chi connectivity index (χ3n) is 3.27. The summed E-state index contributed by atoms with van der Waals surface area (Å²) in [7, 11) is -1.04. The van der Waals surface area contributed by atoms with Crippen molar-refractivity contribution in [3.05, 3.63) is 52.1 Å². The number of esters is 1. The van der Waals surface area contributed by atoms with Crippen molar-refractivity contribution < 1.29 is 22.7 Å². The number of aromatic nitrogens is 1. The van der Waals surface area contributed by atoms with Crippen LogP contribution in [0.2, 0.25) is 10.0 Å². The molecule has 0 aliphatic heterocycles. The number of carbonyl (C=O) groups excluding carboxylic acids is 2. The van der Waals surface area contributed by atoms with Crippen LogP contribution in [0.5, 0.6) is 0 Å². The smallest absolute Gasteiger partial charge is 0.340 e. The van der Waals surface area contributed by atoms with E-state index in [2.05, 4.69) is 10.3 Å². The van der Waals surface area contributed by atoms with Gasteiger partial charge in [0.2, 0.25) is 10.0 Å². The van der Waals surface area contributed by atoms with Gasteiger partial charge in [-0.15, -0.1) is 0 Å². The lowest BCUT2D eigenvalue weighted by atomic mass is 10.2. The molecule has 1 N–H and O–H groups in total. The van der Waals surface area contributed by atoms with Gasteiger partial charge in [0.05, 0.1) is 20.5 Å². The van der Waals surface area contributed by atoms with Crippen LogP contribution in [0, 0.1) is 0 Å². The lowest BCUT2D eigenvalue weighted by Crippen LogP contribution is -2.23. The molecule has 0 fully saturated rings. The maximum atomic E-state index is 12.2. The molecule has 0 bridgehead atoms. The number of nitrogens with one attached hydrogen (secondary N) is 1. The minimum atomic E-state index is -3.76. The molecule has 0 aliphatic rings. The fourth-order valence-electron chi connectivity index (χ4n) is 1.87. The highest BCUT2D eigenvalue weighted by atomic mass is 35.5. The first kappa shape index (κ1) is 21.1. The minimum absolute atomic E-state index is 0.00233. The third-order valence-corrected chi connectivity index (χ3v) is 5.63. The van der Waals surface area contributed by atoms with Crippen LogP contribution in [0.3, 0.4) is 0 Å². The second kappa shape index (κ2) is 8.66. The van der Waals surface area contributed by atoms with Crippen molar-refractivity contribution in [1.29, 1.82) is 0 Å². The number of halogens is 2. The standard InChI is InChI=1S/C16H15Cl2N3O5S/c1-21(2)27(24,25)11-4-5-13(18)12(7-11)16(23)26-9-15(22)20-14-6-3-10(17)8-19-14/h3-8H,9H2,1-2H3,(H,19,20,22). The molecule has 1 amide bonds. The molecule has 11 heteroatoms. The zero-order chi connectivity index (χ0) is 20.2. The number of amides is 1. The number of hydrogen-bond acceptors (Lipinski definition) is 6. The molecule has 2 rings (SSSR count). The second-order valence-electron chi connectivity index (χ2n) is 5.42. The molecule has 0 spiro atoms. The monoisotopic (exact) mass is 431 g/mol. The Morgan fingerprint density at radius 3 is 2.48 bits per heavy atom. The van der Waals surface area contributed by atoms with Gasteiger partial charge in [0.25, 0.3) is 5.91 Å². The quantitative estimate of drug-likeness (QED) is 0.703. The Balaban J connectivity index is 2.07. The first-order valence-electron chi connectivity index (χ1n) is 7.42. The van der Waals surface area contributed by atoms with Gasteiger partial charge in [0.1, 0.15) is 5.82 Å². The van der Waals surface area contributed by atoms with E-state index in [9.17, 15) is 18.0 Å². The molecule has 144 valence electrons. The van der Waals surface area contributed by atoms with Gasteiger partial charge < -0.3 is 10.1 Å². The van der Waals surface area contributed by atoms with Crippen LogP contribution in [-0.4, -0.2) is 50.3 Å². The Morgan fingerprint density at radius 1 is 1.19 bits per heavy atom.